The minimum atomic E-state index is -0.312. The number of pyridine rings is 1. The van der Waals surface area contributed by atoms with Crippen LogP contribution in [0.4, 0.5) is 5.82 Å². The Morgan fingerprint density at radius 1 is 1.36 bits per heavy atom. The number of carbonyl (C=O) groups is 1. The number of aromatic amines is 1. The van der Waals surface area contributed by atoms with Crippen molar-refractivity contribution in [3.05, 3.63) is 34.9 Å². The summed E-state index contributed by atoms with van der Waals surface area (Å²) in [7, 11) is 0. The molecule has 1 aromatic heterocycles. The van der Waals surface area contributed by atoms with Crippen molar-refractivity contribution < 1.29 is 14.5 Å². The van der Waals surface area contributed by atoms with Gasteiger partial charge in [0, 0.05) is 12.0 Å². The third kappa shape index (κ3) is 3.89. The van der Waals surface area contributed by atoms with Crippen LogP contribution in [-0.4, -0.2) is 31.7 Å². The van der Waals surface area contributed by atoms with Gasteiger partial charge in [-0.2, -0.15) is 5.26 Å². The SMILES string of the molecule is Cc1cc(C)c2cc(C#N)c(NCCNC(=O)[C@@H]3CCCO3)[nH+]c2c1. The Morgan fingerprint density at radius 3 is 2.92 bits per heavy atom. The molecule has 1 fully saturated rings. The zero-order chi connectivity index (χ0) is 17.8. The summed E-state index contributed by atoms with van der Waals surface area (Å²) in [6.07, 6.45) is 1.41. The predicted octanol–water partition coefficient (Wildman–Crippen LogP) is 1.85. The number of benzene rings is 1. The number of amides is 1. The lowest BCUT2D eigenvalue weighted by Crippen LogP contribution is -2.37. The zero-order valence-corrected chi connectivity index (χ0v) is 14.6. The molecule has 0 bridgehead atoms. The minimum absolute atomic E-state index is 0.0615. The number of anilines is 1. The number of rotatable bonds is 5. The van der Waals surface area contributed by atoms with Crippen LogP contribution >= 0.6 is 0 Å². The standard InChI is InChI=1S/C19H22N4O2/c1-12-8-13(2)15-10-14(11-20)18(23-16(15)9-12)21-5-6-22-19(24)17-4-3-7-25-17/h8-10,17H,3-7H2,1-2H3,(H,21,23)(H,22,24)/p+1/t17-/m0/s1. The minimum Gasteiger partial charge on any atom is -0.368 e. The van der Waals surface area contributed by atoms with Gasteiger partial charge in [0.15, 0.2) is 0 Å². The van der Waals surface area contributed by atoms with Crippen molar-refractivity contribution in [3.63, 3.8) is 0 Å². The third-order valence-electron chi connectivity index (χ3n) is 4.42. The van der Waals surface area contributed by atoms with Crippen LogP contribution in [0.2, 0.25) is 0 Å². The van der Waals surface area contributed by atoms with Crippen molar-refractivity contribution in [1.82, 2.24) is 5.32 Å². The van der Waals surface area contributed by atoms with Gasteiger partial charge in [0.1, 0.15) is 29.8 Å². The van der Waals surface area contributed by atoms with Crippen molar-refractivity contribution in [2.45, 2.75) is 32.8 Å². The fourth-order valence-corrected chi connectivity index (χ4v) is 3.19. The smallest absolute Gasteiger partial charge is 0.290 e. The maximum absolute atomic E-state index is 11.9. The highest BCUT2D eigenvalue weighted by Gasteiger charge is 2.23. The van der Waals surface area contributed by atoms with E-state index >= 15 is 0 Å². The second kappa shape index (κ2) is 7.49. The Labute approximate surface area is 147 Å². The van der Waals surface area contributed by atoms with Gasteiger partial charge in [-0.3, -0.25) is 10.1 Å². The lowest BCUT2D eigenvalue weighted by atomic mass is 10.0. The van der Waals surface area contributed by atoms with E-state index in [1.54, 1.807) is 0 Å². The van der Waals surface area contributed by atoms with Gasteiger partial charge in [-0.25, -0.2) is 4.98 Å². The van der Waals surface area contributed by atoms with E-state index in [0.29, 0.717) is 31.1 Å². The number of aryl methyl sites for hydroxylation is 2. The first-order valence-corrected chi connectivity index (χ1v) is 8.59. The van der Waals surface area contributed by atoms with Gasteiger partial charge in [-0.15, -0.1) is 0 Å². The Morgan fingerprint density at radius 2 is 2.20 bits per heavy atom. The van der Waals surface area contributed by atoms with Gasteiger partial charge in [-0.1, -0.05) is 6.07 Å². The molecule has 3 N–H and O–H groups in total. The van der Waals surface area contributed by atoms with Crippen molar-refractivity contribution in [2.75, 3.05) is 25.0 Å². The van der Waals surface area contributed by atoms with Crippen LogP contribution in [-0.2, 0) is 9.53 Å². The van der Waals surface area contributed by atoms with E-state index in [-0.39, 0.29) is 12.0 Å². The number of nitrogens with one attached hydrogen (secondary N) is 3. The highest BCUT2D eigenvalue weighted by molar-refractivity contribution is 5.83. The lowest BCUT2D eigenvalue weighted by Gasteiger charge is -2.10. The van der Waals surface area contributed by atoms with E-state index in [2.05, 4.69) is 33.8 Å². The number of fused-ring (bicyclic) bond motifs is 1. The average molecular weight is 339 g/mol. The van der Waals surface area contributed by atoms with E-state index in [4.69, 9.17) is 4.74 Å². The predicted molar refractivity (Wildman–Crippen MR) is 95.2 cm³/mol. The molecule has 2 heterocycles. The van der Waals surface area contributed by atoms with Crippen LogP contribution in [0.5, 0.6) is 0 Å². The van der Waals surface area contributed by atoms with Gasteiger partial charge >= 0.3 is 0 Å². The van der Waals surface area contributed by atoms with Crippen LogP contribution in [0.15, 0.2) is 18.2 Å². The molecule has 6 heteroatoms. The number of hydrogen-bond acceptors (Lipinski definition) is 4. The highest BCUT2D eigenvalue weighted by atomic mass is 16.5. The fraction of sp³-hybridized carbons (Fsp3) is 0.421. The molecule has 1 atom stereocenters. The third-order valence-corrected chi connectivity index (χ3v) is 4.42. The van der Waals surface area contributed by atoms with Crippen molar-refractivity contribution in [2.24, 2.45) is 0 Å². The van der Waals surface area contributed by atoms with E-state index in [1.165, 1.54) is 5.56 Å². The van der Waals surface area contributed by atoms with Crippen LogP contribution in [0, 0.1) is 25.2 Å². The highest BCUT2D eigenvalue weighted by Crippen LogP contribution is 2.21. The molecule has 0 unspecified atom stereocenters. The number of H-pyrrole nitrogens is 1. The maximum Gasteiger partial charge on any atom is 0.290 e. The summed E-state index contributed by atoms with van der Waals surface area (Å²) in [6, 6.07) is 8.29. The molecule has 0 radical (unpaired) electrons. The monoisotopic (exact) mass is 339 g/mol. The molecule has 6 nitrogen and oxygen atoms in total. The lowest BCUT2D eigenvalue weighted by molar-refractivity contribution is -0.327. The van der Waals surface area contributed by atoms with E-state index in [9.17, 15) is 10.1 Å². The Hall–Kier alpha value is -2.65. The Kier molecular flexibility index (Phi) is 5.15. The first kappa shape index (κ1) is 17.2. The first-order chi connectivity index (χ1) is 12.1. The largest absolute Gasteiger partial charge is 0.368 e. The van der Waals surface area contributed by atoms with Gasteiger partial charge in [0.2, 0.25) is 5.91 Å². The summed E-state index contributed by atoms with van der Waals surface area (Å²) < 4.78 is 5.36. The fourth-order valence-electron chi connectivity index (χ4n) is 3.19. The van der Waals surface area contributed by atoms with Crippen LogP contribution in [0.1, 0.15) is 29.5 Å². The summed E-state index contributed by atoms with van der Waals surface area (Å²) in [5.41, 5.74) is 3.85. The van der Waals surface area contributed by atoms with E-state index in [1.807, 2.05) is 19.9 Å². The van der Waals surface area contributed by atoms with Crippen molar-refractivity contribution in [1.29, 1.82) is 5.26 Å². The van der Waals surface area contributed by atoms with E-state index in [0.717, 1.165) is 29.3 Å². The molecule has 1 aliphatic heterocycles. The van der Waals surface area contributed by atoms with Gasteiger partial charge in [-0.05, 0) is 49.9 Å². The molecule has 0 saturated carbocycles. The van der Waals surface area contributed by atoms with Crippen molar-refractivity contribution >= 4 is 22.6 Å². The molecule has 1 saturated heterocycles. The number of ether oxygens (including phenoxy) is 1. The van der Waals surface area contributed by atoms with Gasteiger partial charge in [0.05, 0.1) is 6.54 Å². The second-order valence-corrected chi connectivity index (χ2v) is 6.43. The summed E-state index contributed by atoms with van der Waals surface area (Å²) in [5, 5.41) is 16.5. The molecule has 2 aromatic rings. The molecule has 1 aromatic carbocycles. The maximum atomic E-state index is 11.9. The molecule has 0 aliphatic carbocycles. The molecule has 130 valence electrons. The number of nitrogens with zero attached hydrogens (tertiary/aromatic N) is 1. The number of aromatic nitrogens is 1. The van der Waals surface area contributed by atoms with Crippen LogP contribution in [0.3, 0.4) is 0 Å². The molecular formula is C19H23N4O2+. The Balaban J connectivity index is 1.66. The summed E-state index contributed by atoms with van der Waals surface area (Å²) in [5.74, 6) is 0.611. The number of hydrogen-bond donors (Lipinski definition) is 2. The average Bonchev–Trinajstić information content (AvgIpc) is 3.12. The van der Waals surface area contributed by atoms with E-state index < -0.39 is 0 Å². The topological polar surface area (TPSA) is 88.3 Å². The summed E-state index contributed by atoms with van der Waals surface area (Å²) in [6.45, 7) is 5.75. The summed E-state index contributed by atoms with van der Waals surface area (Å²) >= 11 is 0. The molecule has 3 rings (SSSR count). The van der Waals surface area contributed by atoms with Crippen LogP contribution < -0.4 is 15.6 Å². The number of carbonyl (C=O) groups excluding carboxylic acids is 1. The van der Waals surface area contributed by atoms with Gasteiger partial charge in [0.25, 0.3) is 5.82 Å². The van der Waals surface area contributed by atoms with Gasteiger partial charge < -0.3 is 10.1 Å². The van der Waals surface area contributed by atoms with Crippen molar-refractivity contribution in [3.8, 4) is 6.07 Å². The first-order valence-electron chi connectivity index (χ1n) is 8.59. The second-order valence-electron chi connectivity index (χ2n) is 6.43. The molecule has 25 heavy (non-hydrogen) atoms. The summed E-state index contributed by atoms with van der Waals surface area (Å²) in [4.78, 5) is 15.2. The zero-order valence-electron chi connectivity index (χ0n) is 14.6. The molecule has 1 amide bonds. The normalized spacial score (nSPS) is 16.6. The van der Waals surface area contributed by atoms with Crippen LogP contribution in [0.25, 0.3) is 10.9 Å². The number of nitriles is 1. The molecule has 0 spiro atoms. The molecule has 1 aliphatic rings. The Bertz CT molecular complexity index is 835. The quantitative estimate of drug-likeness (QED) is 0.814. The molecular weight excluding hydrogens is 316 g/mol.